The van der Waals surface area contributed by atoms with Crippen LogP contribution in [0.2, 0.25) is 0 Å². The first kappa shape index (κ1) is 19.0. The standard InChI is InChI=1S/C21H25N3O3/c1-3-19(25)24-11-12-27-21(15-24,20(26)22-2)13-16-7-4-5-9-18(16)17-8-6-10-23-14-17/h4-10,14H,3,11-13,15H2,1-2H3,(H,22,26)/t21-/m1/s1. The molecule has 1 aliphatic heterocycles. The third-order valence-corrected chi connectivity index (χ3v) is 4.95. The van der Waals surface area contributed by atoms with Gasteiger partial charge in [-0.3, -0.25) is 14.6 Å². The number of benzene rings is 1. The number of pyridine rings is 1. The van der Waals surface area contributed by atoms with Crippen molar-refractivity contribution in [1.29, 1.82) is 0 Å². The minimum absolute atomic E-state index is 0.0344. The molecule has 0 spiro atoms. The van der Waals surface area contributed by atoms with Gasteiger partial charge in [-0.25, -0.2) is 0 Å². The molecule has 6 heteroatoms. The Morgan fingerprint density at radius 2 is 2.07 bits per heavy atom. The van der Waals surface area contributed by atoms with E-state index < -0.39 is 5.60 Å². The number of amides is 2. The maximum atomic E-state index is 12.8. The predicted octanol–water partition coefficient (Wildman–Crippen LogP) is 2.04. The highest BCUT2D eigenvalue weighted by atomic mass is 16.5. The van der Waals surface area contributed by atoms with Crippen LogP contribution in [0.4, 0.5) is 0 Å². The van der Waals surface area contributed by atoms with E-state index in [1.165, 1.54) is 0 Å². The lowest BCUT2D eigenvalue weighted by molar-refractivity contribution is -0.165. The van der Waals surface area contributed by atoms with Crippen molar-refractivity contribution in [1.82, 2.24) is 15.2 Å². The van der Waals surface area contributed by atoms with E-state index in [2.05, 4.69) is 10.3 Å². The van der Waals surface area contributed by atoms with Crippen molar-refractivity contribution in [2.75, 3.05) is 26.7 Å². The number of morpholine rings is 1. The molecule has 0 bridgehead atoms. The van der Waals surface area contributed by atoms with Crippen molar-refractivity contribution in [3.63, 3.8) is 0 Å². The first-order chi connectivity index (χ1) is 13.1. The quantitative estimate of drug-likeness (QED) is 0.878. The van der Waals surface area contributed by atoms with Gasteiger partial charge in [-0.1, -0.05) is 37.3 Å². The first-order valence-corrected chi connectivity index (χ1v) is 9.22. The summed E-state index contributed by atoms with van der Waals surface area (Å²) >= 11 is 0. The summed E-state index contributed by atoms with van der Waals surface area (Å²) in [7, 11) is 1.60. The van der Waals surface area contributed by atoms with E-state index in [-0.39, 0.29) is 18.4 Å². The number of hydrogen-bond acceptors (Lipinski definition) is 4. The molecule has 2 heterocycles. The fourth-order valence-electron chi connectivity index (χ4n) is 3.56. The summed E-state index contributed by atoms with van der Waals surface area (Å²) in [6.07, 6.45) is 4.33. The molecular formula is C21H25N3O3. The van der Waals surface area contributed by atoms with Gasteiger partial charge in [0, 0.05) is 44.4 Å². The van der Waals surface area contributed by atoms with Gasteiger partial charge in [-0.2, -0.15) is 0 Å². The Bertz CT molecular complexity index is 809. The van der Waals surface area contributed by atoms with Crippen LogP contribution in [0.15, 0.2) is 48.8 Å². The average Bonchev–Trinajstić information content (AvgIpc) is 2.73. The molecule has 0 saturated carbocycles. The molecule has 27 heavy (non-hydrogen) atoms. The summed E-state index contributed by atoms with van der Waals surface area (Å²) in [5.74, 6) is -0.177. The van der Waals surface area contributed by atoms with Gasteiger partial charge in [0.2, 0.25) is 5.91 Å². The molecule has 142 valence electrons. The monoisotopic (exact) mass is 367 g/mol. The summed E-state index contributed by atoms with van der Waals surface area (Å²) in [5, 5.41) is 2.72. The molecule has 1 aliphatic rings. The molecule has 1 aromatic heterocycles. The number of nitrogens with zero attached hydrogens (tertiary/aromatic N) is 2. The number of ether oxygens (including phenoxy) is 1. The number of likely N-dealkylation sites (N-methyl/N-ethyl adjacent to an activating group) is 1. The van der Waals surface area contributed by atoms with Crippen LogP contribution >= 0.6 is 0 Å². The van der Waals surface area contributed by atoms with Gasteiger partial charge in [-0.15, -0.1) is 0 Å². The van der Waals surface area contributed by atoms with Crippen molar-refractivity contribution in [2.24, 2.45) is 0 Å². The third-order valence-electron chi connectivity index (χ3n) is 4.95. The fourth-order valence-corrected chi connectivity index (χ4v) is 3.56. The second kappa shape index (κ2) is 8.31. The molecule has 2 aromatic rings. The smallest absolute Gasteiger partial charge is 0.254 e. The molecule has 3 rings (SSSR count). The molecule has 0 aliphatic carbocycles. The lowest BCUT2D eigenvalue weighted by Gasteiger charge is -2.41. The van der Waals surface area contributed by atoms with Crippen molar-refractivity contribution in [3.05, 3.63) is 54.4 Å². The number of rotatable bonds is 5. The van der Waals surface area contributed by atoms with Crippen LogP contribution in [0.5, 0.6) is 0 Å². The maximum absolute atomic E-state index is 12.8. The summed E-state index contributed by atoms with van der Waals surface area (Å²) in [4.78, 5) is 31.0. The number of carbonyl (C=O) groups is 2. The zero-order valence-electron chi connectivity index (χ0n) is 15.8. The molecule has 0 radical (unpaired) electrons. The largest absolute Gasteiger partial charge is 0.361 e. The summed E-state index contributed by atoms with van der Waals surface area (Å²) in [6.45, 7) is 2.93. The van der Waals surface area contributed by atoms with Gasteiger partial charge in [0.1, 0.15) is 0 Å². The van der Waals surface area contributed by atoms with Gasteiger partial charge in [0.05, 0.1) is 13.2 Å². The van der Waals surface area contributed by atoms with Gasteiger partial charge >= 0.3 is 0 Å². The Hall–Kier alpha value is -2.73. The second-order valence-corrected chi connectivity index (χ2v) is 6.67. The lowest BCUT2D eigenvalue weighted by atomic mass is 9.87. The molecule has 0 unspecified atom stereocenters. The fraction of sp³-hybridized carbons (Fsp3) is 0.381. The highest BCUT2D eigenvalue weighted by molar-refractivity contribution is 5.87. The van der Waals surface area contributed by atoms with Crippen molar-refractivity contribution in [3.8, 4) is 11.1 Å². The first-order valence-electron chi connectivity index (χ1n) is 9.22. The minimum atomic E-state index is -1.10. The Morgan fingerprint density at radius 1 is 1.26 bits per heavy atom. The zero-order chi connectivity index (χ0) is 19.3. The average molecular weight is 367 g/mol. The van der Waals surface area contributed by atoms with Crippen LogP contribution in [0, 0.1) is 0 Å². The van der Waals surface area contributed by atoms with Crippen molar-refractivity contribution < 1.29 is 14.3 Å². The van der Waals surface area contributed by atoms with E-state index in [1.54, 1.807) is 24.3 Å². The van der Waals surface area contributed by atoms with Gasteiger partial charge in [0.15, 0.2) is 5.60 Å². The SMILES string of the molecule is CCC(=O)N1CCO[C@@](Cc2ccccc2-c2cccnc2)(C(=O)NC)C1. The van der Waals surface area contributed by atoms with Crippen LogP contribution in [0.25, 0.3) is 11.1 Å². The molecule has 1 atom stereocenters. The van der Waals surface area contributed by atoms with E-state index in [4.69, 9.17) is 4.74 Å². The number of nitrogens with one attached hydrogen (secondary N) is 1. The van der Waals surface area contributed by atoms with E-state index in [0.717, 1.165) is 16.7 Å². The summed E-state index contributed by atoms with van der Waals surface area (Å²) in [6, 6.07) is 11.8. The highest BCUT2D eigenvalue weighted by Gasteiger charge is 2.44. The summed E-state index contributed by atoms with van der Waals surface area (Å²) in [5.41, 5.74) is 1.88. The van der Waals surface area contributed by atoms with Crippen LogP contribution in [-0.2, 0) is 20.7 Å². The third kappa shape index (κ3) is 4.01. The number of aromatic nitrogens is 1. The zero-order valence-corrected chi connectivity index (χ0v) is 15.8. The van der Waals surface area contributed by atoms with E-state index in [9.17, 15) is 9.59 Å². The minimum Gasteiger partial charge on any atom is -0.361 e. The maximum Gasteiger partial charge on any atom is 0.254 e. The van der Waals surface area contributed by atoms with Crippen LogP contribution < -0.4 is 5.32 Å². The number of carbonyl (C=O) groups excluding carboxylic acids is 2. The van der Waals surface area contributed by atoms with E-state index in [0.29, 0.717) is 26.0 Å². The Morgan fingerprint density at radius 3 is 2.78 bits per heavy atom. The van der Waals surface area contributed by atoms with Crippen LogP contribution in [0.3, 0.4) is 0 Å². The summed E-state index contributed by atoms with van der Waals surface area (Å²) < 4.78 is 6.02. The Labute approximate surface area is 159 Å². The van der Waals surface area contributed by atoms with Gasteiger partial charge in [-0.05, 0) is 17.2 Å². The van der Waals surface area contributed by atoms with Crippen LogP contribution in [-0.4, -0.2) is 54.0 Å². The second-order valence-electron chi connectivity index (χ2n) is 6.67. The molecule has 1 N–H and O–H groups in total. The van der Waals surface area contributed by atoms with Gasteiger partial charge in [0.25, 0.3) is 5.91 Å². The topological polar surface area (TPSA) is 71.5 Å². The van der Waals surface area contributed by atoms with Crippen LogP contribution in [0.1, 0.15) is 18.9 Å². The highest BCUT2D eigenvalue weighted by Crippen LogP contribution is 2.30. The molecule has 1 saturated heterocycles. The molecule has 2 amide bonds. The molecule has 1 aromatic carbocycles. The van der Waals surface area contributed by atoms with E-state index in [1.807, 2.05) is 43.3 Å². The Balaban J connectivity index is 1.97. The number of hydrogen-bond donors (Lipinski definition) is 1. The van der Waals surface area contributed by atoms with Crippen molar-refractivity contribution >= 4 is 11.8 Å². The molecular weight excluding hydrogens is 342 g/mol. The molecule has 6 nitrogen and oxygen atoms in total. The molecule has 1 fully saturated rings. The van der Waals surface area contributed by atoms with E-state index >= 15 is 0 Å². The van der Waals surface area contributed by atoms with Crippen molar-refractivity contribution in [2.45, 2.75) is 25.4 Å². The van der Waals surface area contributed by atoms with Gasteiger partial charge < -0.3 is 15.0 Å². The Kier molecular flexibility index (Phi) is 5.86. The predicted molar refractivity (Wildman–Crippen MR) is 103 cm³/mol. The lowest BCUT2D eigenvalue weighted by Crippen LogP contribution is -2.61. The normalized spacial score (nSPS) is 19.6.